The molecule has 0 bridgehead atoms. The van der Waals surface area contributed by atoms with Crippen molar-refractivity contribution in [2.24, 2.45) is 0 Å². The number of nitrogens with one attached hydrogen (secondary N) is 1. The Kier molecular flexibility index (Phi) is 5.15. The smallest absolute Gasteiger partial charge is 0.227 e. The maximum atomic E-state index is 12.3. The van der Waals surface area contributed by atoms with Gasteiger partial charge in [-0.1, -0.05) is 72.7 Å². The van der Waals surface area contributed by atoms with Gasteiger partial charge in [0.05, 0.1) is 0 Å². The second-order valence-corrected chi connectivity index (χ2v) is 6.60. The maximum absolute atomic E-state index is 12.3. The summed E-state index contributed by atoms with van der Waals surface area (Å²) in [5.41, 5.74) is 2.90. The van der Waals surface area contributed by atoms with Crippen LogP contribution in [0.25, 0.3) is 22.2 Å². The zero-order valence-electron chi connectivity index (χ0n) is 15.7. The molecule has 0 aliphatic carbocycles. The Morgan fingerprint density at radius 2 is 1.79 bits per heavy atom. The summed E-state index contributed by atoms with van der Waals surface area (Å²) in [4.78, 5) is 16.8. The van der Waals surface area contributed by atoms with Gasteiger partial charge in [0.1, 0.15) is 0 Å². The molecule has 0 saturated heterocycles. The highest BCUT2D eigenvalue weighted by Gasteiger charge is 2.13. The van der Waals surface area contributed by atoms with E-state index in [-0.39, 0.29) is 12.3 Å². The number of aryl methyl sites for hydroxylation is 2. The third-order valence-corrected chi connectivity index (χ3v) is 4.74. The minimum Gasteiger partial charge on any atom is -0.339 e. The zero-order chi connectivity index (χ0) is 19.3. The van der Waals surface area contributed by atoms with Crippen molar-refractivity contribution in [3.8, 4) is 11.4 Å². The number of amides is 1. The van der Waals surface area contributed by atoms with Crippen molar-refractivity contribution in [2.45, 2.75) is 26.2 Å². The summed E-state index contributed by atoms with van der Waals surface area (Å²) >= 11 is 0. The summed E-state index contributed by atoms with van der Waals surface area (Å²) in [5.74, 6) is 0.941. The molecule has 28 heavy (non-hydrogen) atoms. The van der Waals surface area contributed by atoms with Crippen molar-refractivity contribution >= 4 is 22.4 Å². The number of fused-ring (bicyclic) bond motifs is 1. The second kappa shape index (κ2) is 8.05. The first-order valence-electron chi connectivity index (χ1n) is 9.43. The average Bonchev–Trinajstić information content (AvgIpc) is 3.21. The number of rotatable bonds is 6. The Morgan fingerprint density at radius 3 is 2.68 bits per heavy atom. The topological polar surface area (TPSA) is 68.0 Å². The number of para-hydroxylation sites is 1. The number of hydrogen-bond acceptors (Lipinski definition) is 4. The monoisotopic (exact) mass is 371 g/mol. The van der Waals surface area contributed by atoms with Gasteiger partial charge in [0.15, 0.2) is 0 Å². The Labute approximate surface area is 163 Å². The molecule has 1 heterocycles. The lowest BCUT2D eigenvalue weighted by Crippen LogP contribution is -2.13. The van der Waals surface area contributed by atoms with Crippen LogP contribution in [0.2, 0.25) is 0 Å². The maximum Gasteiger partial charge on any atom is 0.227 e. The summed E-state index contributed by atoms with van der Waals surface area (Å²) in [6.07, 6.45) is 1.56. The van der Waals surface area contributed by atoms with Gasteiger partial charge in [-0.25, -0.2) is 0 Å². The molecule has 3 aromatic carbocycles. The zero-order valence-corrected chi connectivity index (χ0v) is 15.7. The van der Waals surface area contributed by atoms with Gasteiger partial charge < -0.3 is 9.84 Å². The van der Waals surface area contributed by atoms with Crippen molar-refractivity contribution in [3.63, 3.8) is 0 Å². The van der Waals surface area contributed by atoms with E-state index in [4.69, 9.17) is 4.52 Å². The molecule has 0 aliphatic heterocycles. The van der Waals surface area contributed by atoms with Crippen molar-refractivity contribution in [1.82, 2.24) is 10.1 Å². The lowest BCUT2D eigenvalue weighted by molar-refractivity contribution is -0.116. The van der Waals surface area contributed by atoms with Gasteiger partial charge in [0.2, 0.25) is 17.6 Å². The minimum atomic E-state index is -0.0641. The predicted octanol–water partition coefficient (Wildman–Crippen LogP) is 5.02. The van der Waals surface area contributed by atoms with Crippen molar-refractivity contribution in [3.05, 3.63) is 78.2 Å². The summed E-state index contributed by atoms with van der Waals surface area (Å²) in [6.45, 7) is 2.07. The molecule has 140 valence electrons. The minimum absolute atomic E-state index is 0.0641. The lowest BCUT2D eigenvalue weighted by atomic mass is 10.0. The van der Waals surface area contributed by atoms with Crippen LogP contribution in [0.1, 0.15) is 24.8 Å². The summed E-state index contributed by atoms with van der Waals surface area (Å²) in [7, 11) is 0. The molecule has 1 amide bonds. The highest BCUT2D eigenvalue weighted by molar-refractivity contribution is 5.95. The van der Waals surface area contributed by atoms with Crippen LogP contribution in [-0.2, 0) is 17.6 Å². The normalized spacial score (nSPS) is 10.9. The molecule has 4 aromatic rings. The van der Waals surface area contributed by atoms with E-state index in [9.17, 15) is 4.79 Å². The van der Waals surface area contributed by atoms with Crippen LogP contribution in [-0.4, -0.2) is 16.0 Å². The van der Waals surface area contributed by atoms with E-state index in [2.05, 4.69) is 34.5 Å². The fourth-order valence-corrected chi connectivity index (χ4v) is 3.27. The molecule has 0 radical (unpaired) electrons. The summed E-state index contributed by atoms with van der Waals surface area (Å²) in [5, 5.41) is 9.27. The van der Waals surface area contributed by atoms with Gasteiger partial charge in [0, 0.05) is 24.1 Å². The number of carbonyl (C=O) groups is 1. The van der Waals surface area contributed by atoms with E-state index in [1.807, 2.05) is 54.6 Å². The van der Waals surface area contributed by atoms with Gasteiger partial charge in [-0.3, -0.25) is 4.79 Å². The number of nitrogens with zero attached hydrogens (tertiary/aromatic N) is 2. The molecule has 0 aliphatic rings. The fourth-order valence-electron chi connectivity index (χ4n) is 3.27. The largest absolute Gasteiger partial charge is 0.339 e. The van der Waals surface area contributed by atoms with Gasteiger partial charge in [-0.05, 0) is 28.8 Å². The van der Waals surface area contributed by atoms with Gasteiger partial charge in [-0.2, -0.15) is 4.98 Å². The Morgan fingerprint density at radius 1 is 1.00 bits per heavy atom. The molecule has 0 spiro atoms. The van der Waals surface area contributed by atoms with Crippen LogP contribution < -0.4 is 5.32 Å². The Balaban J connectivity index is 1.44. The highest BCUT2D eigenvalue weighted by Crippen LogP contribution is 2.26. The van der Waals surface area contributed by atoms with Crippen LogP contribution in [0.3, 0.4) is 0 Å². The van der Waals surface area contributed by atoms with Crippen molar-refractivity contribution in [1.29, 1.82) is 0 Å². The number of aromatic nitrogens is 2. The lowest BCUT2D eigenvalue weighted by Gasteiger charge is -2.08. The van der Waals surface area contributed by atoms with E-state index in [1.54, 1.807) is 0 Å². The number of carbonyl (C=O) groups excluding carboxylic acids is 1. The average molecular weight is 371 g/mol. The predicted molar refractivity (Wildman–Crippen MR) is 110 cm³/mol. The molecule has 0 unspecified atom stereocenters. The number of benzene rings is 3. The van der Waals surface area contributed by atoms with E-state index < -0.39 is 0 Å². The Bertz CT molecular complexity index is 1110. The number of hydrogen-bond donors (Lipinski definition) is 1. The first kappa shape index (κ1) is 17.9. The standard InChI is InChI=1S/C23H21N3O2/c1-2-16-8-4-6-13-20(16)24-21(27)14-15-22-25-23(26-28-22)19-12-7-10-17-9-3-5-11-18(17)19/h3-13H,2,14-15H2,1H3,(H,24,27). The van der Waals surface area contributed by atoms with E-state index >= 15 is 0 Å². The van der Waals surface area contributed by atoms with Crippen molar-refractivity contribution < 1.29 is 9.32 Å². The molecule has 0 atom stereocenters. The molecule has 0 fully saturated rings. The van der Waals surface area contributed by atoms with Crippen LogP contribution >= 0.6 is 0 Å². The fraction of sp³-hybridized carbons (Fsp3) is 0.174. The molecular formula is C23H21N3O2. The van der Waals surface area contributed by atoms with Crippen LogP contribution in [0.4, 0.5) is 5.69 Å². The van der Waals surface area contributed by atoms with Gasteiger partial charge >= 0.3 is 0 Å². The summed E-state index contributed by atoms with van der Waals surface area (Å²) < 4.78 is 5.37. The molecule has 5 nitrogen and oxygen atoms in total. The molecular weight excluding hydrogens is 350 g/mol. The molecule has 1 aromatic heterocycles. The van der Waals surface area contributed by atoms with Crippen LogP contribution in [0, 0.1) is 0 Å². The van der Waals surface area contributed by atoms with Gasteiger partial charge in [-0.15, -0.1) is 0 Å². The quantitative estimate of drug-likeness (QED) is 0.516. The van der Waals surface area contributed by atoms with Gasteiger partial charge in [0.25, 0.3) is 0 Å². The van der Waals surface area contributed by atoms with E-state index in [1.165, 1.54) is 0 Å². The third-order valence-electron chi connectivity index (χ3n) is 4.74. The Hall–Kier alpha value is -3.47. The first-order valence-corrected chi connectivity index (χ1v) is 9.43. The van der Waals surface area contributed by atoms with E-state index in [0.29, 0.717) is 18.1 Å². The molecule has 4 rings (SSSR count). The molecule has 5 heteroatoms. The van der Waals surface area contributed by atoms with Crippen LogP contribution in [0.5, 0.6) is 0 Å². The van der Waals surface area contributed by atoms with Crippen molar-refractivity contribution in [2.75, 3.05) is 5.32 Å². The second-order valence-electron chi connectivity index (χ2n) is 6.60. The first-order chi connectivity index (χ1) is 13.7. The number of anilines is 1. The molecule has 0 saturated carbocycles. The highest BCUT2D eigenvalue weighted by atomic mass is 16.5. The molecule has 1 N–H and O–H groups in total. The van der Waals surface area contributed by atoms with Crippen LogP contribution in [0.15, 0.2) is 71.3 Å². The third kappa shape index (κ3) is 3.78. The SMILES string of the molecule is CCc1ccccc1NC(=O)CCc1nc(-c2cccc3ccccc23)no1. The summed E-state index contributed by atoms with van der Waals surface area (Å²) in [6, 6.07) is 21.9. The van der Waals surface area contributed by atoms with E-state index in [0.717, 1.165) is 34.0 Å².